The molecule has 0 radical (unpaired) electrons. The molecule has 2 aliphatic rings. The molecule has 5 heterocycles. The minimum atomic E-state index is -4.10. The Morgan fingerprint density at radius 1 is 1.10 bits per heavy atom. The highest BCUT2D eigenvalue weighted by Gasteiger charge is 2.46. The number of nitrogens with one attached hydrogen (secondary N) is 1. The number of carbonyl (C=O) groups is 1. The van der Waals surface area contributed by atoms with E-state index in [9.17, 15) is 23.4 Å². The lowest BCUT2D eigenvalue weighted by Gasteiger charge is -2.38. The van der Waals surface area contributed by atoms with Crippen molar-refractivity contribution in [3.63, 3.8) is 0 Å². The predicted molar refractivity (Wildman–Crippen MR) is 187 cm³/mol. The minimum Gasteiger partial charge on any atom is -0.481 e. The maximum Gasteiger partial charge on any atom is 0.310 e. The number of hydrogen-bond donors (Lipinski definition) is 3. The fraction of sp³-hybridized carbons (Fsp3) is 0.500. The number of aliphatic carboxylic acids is 1. The van der Waals surface area contributed by atoms with Crippen LogP contribution in [0.25, 0.3) is 5.65 Å². The van der Waals surface area contributed by atoms with Gasteiger partial charge in [0.25, 0.3) is 0 Å². The smallest absolute Gasteiger partial charge is 0.310 e. The summed E-state index contributed by atoms with van der Waals surface area (Å²) in [5.74, 6) is -0.318. The van der Waals surface area contributed by atoms with Crippen LogP contribution in [0.1, 0.15) is 79.6 Å². The van der Waals surface area contributed by atoms with Gasteiger partial charge >= 0.3 is 5.97 Å². The number of benzene rings is 1. The van der Waals surface area contributed by atoms with Crippen molar-refractivity contribution in [2.45, 2.75) is 89.8 Å². The predicted octanol–water partition coefficient (Wildman–Crippen LogP) is 4.61. The van der Waals surface area contributed by atoms with Gasteiger partial charge in [0.2, 0.25) is 15.9 Å². The molecule has 4 aromatic rings. The molecule has 1 spiro atoms. The fourth-order valence-electron chi connectivity index (χ4n) is 7.09. The molecule has 6 rings (SSSR count). The van der Waals surface area contributed by atoms with E-state index in [0.717, 1.165) is 33.6 Å². The molecule has 14 heteroatoms. The van der Waals surface area contributed by atoms with Crippen LogP contribution in [0.2, 0.25) is 0 Å². The number of nitrogens with zero attached hydrogens (tertiary/aromatic N) is 5. The summed E-state index contributed by atoms with van der Waals surface area (Å²) in [6.45, 7) is 12.0. The molecule has 1 aromatic carbocycles. The van der Waals surface area contributed by atoms with Crippen LogP contribution >= 0.6 is 0 Å². The van der Waals surface area contributed by atoms with Crippen LogP contribution in [0.5, 0.6) is 5.88 Å². The van der Waals surface area contributed by atoms with Crippen LogP contribution < -0.4 is 10.1 Å². The average molecular weight is 707 g/mol. The molecule has 3 N–H and O–H groups in total. The van der Waals surface area contributed by atoms with Gasteiger partial charge in [-0.15, -0.1) is 10.2 Å². The molecule has 0 unspecified atom stereocenters. The summed E-state index contributed by atoms with van der Waals surface area (Å²) in [4.78, 5) is 17.4. The van der Waals surface area contributed by atoms with Crippen LogP contribution in [0.4, 0.5) is 5.82 Å². The number of carboxylic acid groups (broad SMARTS) is 1. The molecule has 1 saturated heterocycles. The van der Waals surface area contributed by atoms with E-state index in [0.29, 0.717) is 43.9 Å². The zero-order chi connectivity index (χ0) is 36.0. The van der Waals surface area contributed by atoms with E-state index >= 15 is 0 Å². The van der Waals surface area contributed by atoms with E-state index in [4.69, 9.17) is 9.47 Å². The largest absolute Gasteiger partial charge is 0.481 e. The van der Waals surface area contributed by atoms with E-state index in [1.807, 2.05) is 62.6 Å². The van der Waals surface area contributed by atoms with Crippen LogP contribution in [0, 0.1) is 26.2 Å². The molecular weight excluding hydrogens is 660 g/mol. The molecule has 0 bridgehead atoms. The fourth-order valence-corrected chi connectivity index (χ4v) is 8.63. The molecule has 50 heavy (non-hydrogen) atoms. The van der Waals surface area contributed by atoms with Gasteiger partial charge in [0, 0.05) is 44.1 Å². The highest BCUT2D eigenvalue weighted by molar-refractivity contribution is 7.89. The Balaban J connectivity index is 1.43. The second kappa shape index (κ2) is 13.5. The Labute approximate surface area is 292 Å². The van der Waals surface area contributed by atoms with E-state index in [2.05, 4.69) is 20.5 Å². The number of ether oxygens (including phenoxy) is 2. The molecule has 0 amide bonds. The second-order valence-electron chi connectivity index (χ2n) is 14.2. The Morgan fingerprint density at radius 3 is 2.54 bits per heavy atom. The zero-order valence-corrected chi connectivity index (χ0v) is 30.2. The van der Waals surface area contributed by atoms with Gasteiger partial charge < -0.3 is 25.0 Å². The van der Waals surface area contributed by atoms with Crippen molar-refractivity contribution in [2.24, 2.45) is 5.41 Å². The zero-order valence-electron chi connectivity index (χ0n) is 29.4. The number of aryl methyl sites for hydroxylation is 3. The van der Waals surface area contributed by atoms with E-state index in [-0.39, 0.29) is 36.5 Å². The van der Waals surface area contributed by atoms with Gasteiger partial charge in [-0.3, -0.25) is 9.20 Å². The van der Waals surface area contributed by atoms with Crippen LogP contribution in [0.15, 0.2) is 47.5 Å². The van der Waals surface area contributed by atoms with Crippen molar-refractivity contribution in [1.29, 1.82) is 0 Å². The third-order valence-corrected chi connectivity index (χ3v) is 12.1. The number of aliphatic hydroxyl groups excluding tert-OH is 1. The number of fused-ring (bicyclic) bond motifs is 2. The Hall–Kier alpha value is -4.11. The molecule has 2 aliphatic heterocycles. The Morgan fingerprint density at radius 2 is 1.84 bits per heavy atom. The Kier molecular flexibility index (Phi) is 9.68. The maximum atomic E-state index is 14.5. The molecule has 1 fully saturated rings. The summed E-state index contributed by atoms with van der Waals surface area (Å²) in [7, 11) is -4.10. The van der Waals surface area contributed by atoms with Crippen LogP contribution in [-0.2, 0) is 26.1 Å². The summed E-state index contributed by atoms with van der Waals surface area (Å²) in [6.07, 6.45) is 3.33. The number of anilines is 1. The van der Waals surface area contributed by atoms with Crippen molar-refractivity contribution >= 4 is 27.5 Å². The van der Waals surface area contributed by atoms with E-state index in [1.165, 1.54) is 10.4 Å². The number of sulfonamides is 1. The molecule has 268 valence electrons. The van der Waals surface area contributed by atoms with Crippen molar-refractivity contribution in [3.8, 4) is 5.88 Å². The quantitative estimate of drug-likeness (QED) is 0.211. The number of carboxylic acids is 1. The highest BCUT2D eigenvalue weighted by Crippen LogP contribution is 2.44. The lowest BCUT2D eigenvalue weighted by Crippen LogP contribution is -2.50. The van der Waals surface area contributed by atoms with Gasteiger partial charge in [0.15, 0.2) is 5.65 Å². The summed E-state index contributed by atoms with van der Waals surface area (Å²) in [5, 5.41) is 31.6. The first kappa shape index (κ1) is 35.7. The van der Waals surface area contributed by atoms with Gasteiger partial charge in [-0.1, -0.05) is 18.2 Å². The summed E-state index contributed by atoms with van der Waals surface area (Å²) < 4.78 is 44.6. The first-order chi connectivity index (χ1) is 23.7. The van der Waals surface area contributed by atoms with Crippen LogP contribution in [0.3, 0.4) is 0 Å². The first-order valence-corrected chi connectivity index (χ1v) is 18.4. The van der Waals surface area contributed by atoms with Gasteiger partial charge in [0.1, 0.15) is 22.1 Å². The number of rotatable bonds is 10. The summed E-state index contributed by atoms with van der Waals surface area (Å²) in [6, 6.07) is 10.8. The lowest BCUT2D eigenvalue weighted by atomic mass is 9.70. The van der Waals surface area contributed by atoms with Gasteiger partial charge in [0.05, 0.1) is 25.2 Å². The third-order valence-electron chi connectivity index (χ3n) is 10.3. The number of aromatic nitrogens is 4. The van der Waals surface area contributed by atoms with Gasteiger partial charge in [-0.25, -0.2) is 8.42 Å². The first-order valence-electron chi connectivity index (χ1n) is 17.0. The van der Waals surface area contributed by atoms with E-state index < -0.39 is 32.9 Å². The number of aliphatic hydroxyl groups is 1. The normalized spacial score (nSPS) is 18.6. The maximum absolute atomic E-state index is 14.5. The summed E-state index contributed by atoms with van der Waals surface area (Å²) >= 11 is 0. The van der Waals surface area contributed by atoms with Crippen molar-refractivity contribution in [2.75, 3.05) is 31.7 Å². The van der Waals surface area contributed by atoms with E-state index in [1.54, 1.807) is 19.9 Å². The third kappa shape index (κ3) is 6.57. The summed E-state index contributed by atoms with van der Waals surface area (Å²) in [5.41, 5.74) is 2.58. The molecule has 0 saturated carbocycles. The van der Waals surface area contributed by atoms with Crippen molar-refractivity contribution in [3.05, 3.63) is 76.2 Å². The van der Waals surface area contributed by atoms with Crippen molar-refractivity contribution in [1.82, 2.24) is 23.9 Å². The van der Waals surface area contributed by atoms with Gasteiger partial charge in [-0.05, 0) is 94.0 Å². The number of hydrogen-bond acceptors (Lipinski definition) is 10. The molecular formula is C36H46N6O7S. The SMILES string of the molecule is Cc1ccc([C@@H](c2ccn3c(C)nnc3c2C)C(C)(C)C(=O)O)cc1CN1CC2(CCOCC2)Oc2nc(N[C@@H](C)CCO)ccc2S1(=O)=O. The van der Waals surface area contributed by atoms with Crippen molar-refractivity contribution < 1.29 is 32.9 Å². The lowest BCUT2D eigenvalue weighted by molar-refractivity contribution is -0.147. The average Bonchev–Trinajstić information content (AvgIpc) is 3.41. The monoisotopic (exact) mass is 706 g/mol. The molecule has 13 nitrogen and oxygen atoms in total. The minimum absolute atomic E-state index is 0.00763. The van der Waals surface area contributed by atoms with Crippen LogP contribution in [-0.4, -0.2) is 86.5 Å². The van der Waals surface area contributed by atoms with Gasteiger partial charge in [-0.2, -0.15) is 9.29 Å². The standard InChI is InChI=1S/C36H46N6O7S/c1-22-7-8-26(31(35(5,6)34(44)45)28-11-15-42-25(4)39-40-32(42)24(28)3)19-27(22)20-41-21-36(13-17-48-18-14-36)49-33-29(50(41,46)47)9-10-30(38-33)37-23(2)12-16-43/h7-11,15,19,23,31,43H,12-14,16-18,20-21H2,1-6H3,(H,37,38)(H,44,45)/t23-,31-/m0/s1. The molecule has 3 aromatic heterocycles. The molecule has 0 aliphatic carbocycles. The second-order valence-corrected chi connectivity index (χ2v) is 16.1. The topological polar surface area (TPSA) is 168 Å². The highest BCUT2D eigenvalue weighted by atomic mass is 32.2. The number of pyridine rings is 2. The molecule has 2 atom stereocenters. The Bertz CT molecular complexity index is 2020.